The van der Waals surface area contributed by atoms with E-state index in [0.717, 1.165) is 5.56 Å². The Morgan fingerprint density at radius 2 is 2.00 bits per heavy atom. The molecule has 0 bridgehead atoms. The van der Waals surface area contributed by atoms with Crippen LogP contribution in [0.4, 0.5) is 0 Å². The van der Waals surface area contributed by atoms with E-state index >= 15 is 0 Å². The number of carbonyl (C=O) groups excluding carboxylic acids is 1. The summed E-state index contributed by atoms with van der Waals surface area (Å²) in [7, 11) is 0. The van der Waals surface area contributed by atoms with Crippen LogP contribution in [0.3, 0.4) is 0 Å². The van der Waals surface area contributed by atoms with Crippen molar-refractivity contribution < 1.29 is 9.90 Å². The molecule has 0 spiro atoms. The van der Waals surface area contributed by atoms with Crippen LogP contribution in [0, 0.1) is 11.3 Å². The first-order valence-electron chi connectivity index (χ1n) is 4.62. The number of halogens is 1. The largest absolute Gasteiger partial charge is 0.511 e. The molecule has 1 aromatic rings. The third-order valence-electron chi connectivity index (χ3n) is 2.03. The zero-order chi connectivity index (χ0) is 12.1. The van der Waals surface area contributed by atoms with Crippen molar-refractivity contribution in [1.82, 2.24) is 0 Å². The molecule has 0 atom stereocenters. The first kappa shape index (κ1) is 12.3. The Morgan fingerprint density at radius 3 is 2.44 bits per heavy atom. The van der Waals surface area contributed by atoms with E-state index in [9.17, 15) is 4.79 Å². The smallest absolute Gasteiger partial charge is 0.181 e. The second kappa shape index (κ2) is 5.34. The standard InChI is InChI=1S/C12H10ClNO2/c1-8(15)11(7-14)12(16)6-9-2-4-10(13)5-3-9/h2-5,15H,6H2,1H3/b11-8-. The highest BCUT2D eigenvalue weighted by Gasteiger charge is 2.12. The van der Waals surface area contributed by atoms with E-state index in [1.807, 2.05) is 0 Å². The summed E-state index contributed by atoms with van der Waals surface area (Å²) in [6.07, 6.45) is 0.0813. The summed E-state index contributed by atoms with van der Waals surface area (Å²) in [4.78, 5) is 11.6. The van der Waals surface area contributed by atoms with E-state index in [4.69, 9.17) is 22.0 Å². The first-order chi connectivity index (χ1) is 7.54. The Bertz CT molecular complexity index is 465. The maximum Gasteiger partial charge on any atom is 0.181 e. The molecule has 82 valence electrons. The highest BCUT2D eigenvalue weighted by molar-refractivity contribution is 6.30. The molecule has 0 saturated carbocycles. The van der Waals surface area contributed by atoms with Gasteiger partial charge in [-0.15, -0.1) is 0 Å². The summed E-state index contributed by atoms with van der Waals surface area (Å²) < 4.78 is 0. The fourth-order valence-corrected chi connectivity index (χ4v) is 1.35. The zero-order valence-corrected chi connectivity index (χ0v) is 9.45. The summed E-state index contributed by atoms with van der Waals surface area (Å²) in [5.74, 6) is -0.647. The Balaban J connectivity index is 2.84. The van der Waals surface area contributed by atoms with Crippen LogP contribution in [0.25, 0.3) is 0 Å². The van der Waals surface area contributed by atoms with Crippen molar-refractivity contribution in [2.45, 2.75) is 13.3 Å². The number of rotatable bonds is 3. The molecular formula is C12H10ClNO2. The molecule has 1 N–H and O–H groups in total. The van der Waals surface area contributed by atoms with Gasteiger partial charge < -0.3 is 5.11 Å². The lowest BCUT2D eigenvalue weighted by Crippen LogP contribution is -2.07. The van der Waals surface area contributed by atoms with Crippen molar-refractivity contribution >= 4 is 17.4 Å². The first-order valence-corrected chi connectivity index (χ1v) is 5.00. The number of allylic oxidation sites excluding steroid dienone is 2. The highest BCUT2D eigenvalue weighted by Crippen LogP contribution is 2.12. The minimum atomic E-state index is -0.398. The SMILES string of the molecule is C/C(O)=C(\C#N)C(=O)Cc1ccc(Cl)cc1. The maximum absolute atomic E-state index is 11.6. The lowest BCUT2D eigenvalue weighted by molar-refractivity contribution is -0.114. The lowest BCUT2D eigenvalue weighted by Gasteiger charge is -2.01. The minimum absolute atomic E-state index is 0.0813. The summed E-state index contributed by atoms with van der Waals surface area (Å²) in [5, 5.41) is 18.4. The molecule has 0 aliphatic rings. The van der Waals surface area contributed by atoms with E-state index in [-0.39, 0.29) is 17.8 Å². The monoisotopic (exact) mass is 235 g/mol. The summed E-state index contributed by atoms with van der Waals surface area (Å²) in [6.45, 7) is 1.32. The maximum atomic E-state index is 11.6. The molecular weight excluding hydrogens is 226 g/mol. The van der Waals surface area contributed by atoms with Crippen molar-refractivity contribution in [3.63, 3.8) is 0 Å². The molecule has 0 saturated heterocycles. The van der Waals surface area contributed by atoms with E-state index < -0.39 is 5.78 Å². The van der Waals surface area contributed by atoms with Gasteiger partial charge in [-0.3, -0.25) is 4.79 Å². The second-order valence-electron chi connectivity index (χ2n) is 3.30. The predicted molar refractivity (Wildman–Crippen MR) is 61.1 cm³/mol. The number of hydrogen-bond donors (Lipinski definition) is 1. The van der Waals surface area contributed by atoms with Gasteiger partial charge in [0.05, 0.1) is 0 Å². The predicted octanol–water partition coefficient (Wildman–Crippen LogP) is 2.81. The van der Waals surface area contributed by atoms with E-state index in [1.54, 1.807) is 30.3 Å². The molecule has 0 aliphatic heterocycles. The van der Waals surface area contributed by atoms with Crippen LogP contribution in [-0.4, -0.2) is 10.9 Å². The molecule has 0 fully saturated rings. The molecule has 3 nitrogen and oxygen atoms in total. The van der Waals surface area contributed by atoms with Gasteiger partial charge in [0.2, 0.25) is 0 Å². The van der Waals surface area contributed by atoms with Gasteiger partial charge in [-0.2, -0.15) is 5.26 Å². The summed E-state index contributed by atoms with van der Waals surface area (Å²) >= 11 is 5.70. The number of aliphatic hydroxyl groups is 1. The van der Waals surface area contributed by atoms with Gasteiger partial charge in [-0.1, -0.05) is 23.7 Å². The Hall–Kier alpha value is -1.79. The summed E-state index contributed by atoms with van der Waals surface area (Å²) in [5.41, 5.74) is 0.554. The van der Waals surface area contributed by atoms with Crippen molar-refractivity contribution in [3.8, 4) is 6.07 Å². The second-order valence-corrected chi connectivity index (χ2v) is 3.74. The van der Waals surface area contributed by atoms with Crippen LogP contribution in [0.2, 0.25) is 5.02 Å². The third-order valence-corrected chi connectivity index (χ3v) is 2.28. The van der Waals surface area contributed by atoms with Crippen LogP contribution >= 0.6 is 11.6 Å². The molecule has 1 rings (SSSR count). The van der Waals surface area contributed by atoms with Gasteiger partial charge in [0.25, 0.3) is 0 Å². The molecule has 0 aromatic heterocycles. The van der Waals surface area contributed by atoms with Crippen LogP contribution in [-0.2, 0) is 11.2 Å². The van der Waals surface area contributed by atoms with E-state index in [2.05, 4.69) is 0 Å². The normalized spacial score (nSPS) is 11.6. The van der Waals surface area contributed by atoms with E-state index in [1.165, 1.54) is 6.92 Å². The number of aliphatic hydroxyl groups excluding tert-OH is 1. The fourth-order valence-electron chi connectivity index (χ4n) is 1.22. The number of hydrogen-bond acceptors (Lipinski definition) is 3. The molecule has 1 aromatic carbocycles. The van der Waals surface area contributed by atoms with Crippen LogP contribution in [0.15, 0.2) is 35.6 Å². The van der Waals surface area contributed by atoms with Gasteiger partial charge in [0.1, 0.15) is 17.4 Å². The van der Waals surface area contributed by atoms with Gasteiger partial charge in [-0.05, 0) is 24.6 Å². The average Bonchev–Trinajstić information content (AvgIpc) is 2.22. The van der Waals surface area contributed by atoms with Gasteiger partial charge in [-0.25, -0.2) is 0 Å². The number of nitrogens with zero attached hydrogens (tertiary/aromatic N) is 1. The molecule has 0 amide bonds. The molecule has 0 aliphatic carbocycles. The van der Waals surface area contributed by atoms with Crippen molar-refractivity contribution in [2.75, 3.05) is 0 Å². The number of nitriles is 1. The Labute approximate surface area is 98.6 Å². The molecule has 16 heavy (non-hydrogen) atoms. The van der Waals surface area contributed by atoms with Crippen molar-refractivity contribution in [2.24, 2.45) is 0 Å². The molecule has 0 heterocycles. The third kappa shape index (κ3) is 3.11. The average molecular weight is 236 g/mol. The van der Waals surface area contributed by atoms with E-state index in [0.29, 0.717) is 5.02 Å². The molecule has 0 radical (unpaired) electrons. The molecule has 0 unspecified atom stereocenters. The van der Waals surface area contributed by atoms with Crippen molar-refractivity contribution in [1.29, 1.82) is 5.26 Å². The Kier molecular flexibility index (Phi) is 4.10. The van der Waals surface area contributed by atoms with Crippen LogP contribution < -0.4 is 0 Å². The highest BCUT2D eigenvalue weighted by atomic mass is 35.5. The van der Waals surface area contributed by atoms with Crippen LogP contribution in [0.1, 0.15) is 12.5 Å². The minimum Gasteiger partial charge on any atom is -0.511 e. The number of Topliss-reactive ketones (excluding diaryl/α,β-unsaturated/α-hetero) is 1. The fraction of sp³-hybridized carbons (Fsp3) is 0.167. The van der Waals surface area contributed by atoms with Crippen LogP contribution in [0.5, 0.6) is 0 Å². The Morgan fingerprint density at radius 1 is 1.44 bits per heavy atom. The molecule has 4 heteroatoms. The van der Waals surface area contributed by atoms with Gasteiger partial charge in [0, 0.05) is 11.4 Å². The number of benzene rings is 1. The topological polar surface area (TPSA) is 61.1 Å². The van der Waals surface area contributed by atoms with Gasteiger partial charge >= 0.3 is 0 Å². The van der Waals surface area contributed by atoms with Gasteiger partial charge in [0.15, 0.2) is 5.78 Å². The zero-order valence-electron chi connectivity index (χ0n) is 8.70. The summed E-state index contributed by atoms with van der Waals surface area (Å²) in [6, 6.07) is 8.45. The lowest BCUT2D eigenvalue weighted by atomic mass is 10.0. The van der Waals surface area contributed by atoms with Crippen molar-refractivity contribution in [3.05, 3.63) is 46.2 Å². The number of ketones is 1. The quantitative estimate of drug-likeness (QED) is 0.498. The number of carbonyl (C=O) groups is 1.